The molecule has 0 amide bonds. The summed E-state index contributed by atoms with van der Waals surface area (Å²) in [5.74, 6) is 0. The summed E-state index contributed by atoms with van der Waals surface area (Å²) >= 11 is 0. The van der Waals surface area contributed by atoms with Crippen molar-refractivity contribution < 1.29 is 9.60 Å². The summed E-state index contributed by atoms with van der Waals surface area (Å²) in [6.07, 6.45) is 0. The van der Waals surface area contributed by atoms with Crippen LogP contribution in [0.2, 0.25) is 0 Å². The van der Waals surface area contributed by atoms with Crippen molar-refractivity contribution in [1.29, 1.82) is 0 Å². The zero-order valence-corrected chi connectivity index (χ0v) is 31.2. The highest BCUT2D eigenvalue weighted by atomic mass is 15.2. The quantitative estimate of drug-likeness (QED) is 0.172. The van der Waals surface area contributed by atoms with E-state index in [9.17, 15) is 9.60 Å². The molecule has 7 rings (SSSR count). The topological polar surface area (TPSA) is 6.48 Å². The van der Waals surface area contributed by atoms with E-state index in [0.717, 1.165) is 28.0 Å². The Labute approximate surface area is 306 Å². The maximum Gasteiger partial charge on any atom is 0.252 e. The van der Waals surface area contributed by atoms with Gasteiger partial charge in [0, 0.05) is 34.1 Å². The third-order valence-corrected chi connectivity index (χ3v) is 9.91. The Kier molecular flexibility index (Phi) is 5.84. The highest BCUT2D eigenvalue weighted by Crippen LogP contribution is 2.45. The van der Waals surface area contributed by atoms with Crippen LogP contribution in [0.4, 0.5) is 34.1 Å². The van der Waals surface area contributed by atoms with Gasteiger partial charge in [0.05, 0.1) is 9.60 Å². The summed E-state index contributed by atoms with van der Waals surface area (Å²) in [5, 5.41) is 0. The molecule has 0 bridgehead atoms. The van der Waals surface area contributed by atoms with Crippen LogP contribution in [-0.2, 0) is 21.7 Å². The molecule has 0 atom stereocenters. The minimum Gasteiger partial charge on any atom is -0.311 e. The average molecular weight is 652 g/mol. The molecule has 0 aromatic heterocycles. The number of hydrogen-bond acceptors (Lipinski definition) is 2. The zero-order chi connectivity index (χ0) is 41.4. The number of benzene rings is 5. The Balaban J connectivity index is 1.70. The van der Waals surface area contributed by atoms with Crippen LogP contribution in [-0.4, -0.2) is 6.71 Å². The van der Waals surface area contributed by atoms with E-state index in [1.54, 1.807) is 12.1 Å². The smallest absolute Gasteiger partial charge is 0.252 e. The van der Waals surface area contributed by atoms with Crippen molar-refractivity contribution in [2.45, 2.75) is 105 Å². The van der Waals surface area contributed by atoms with Gasteiger partial charge in [-0.25, -0.2) is 0 Å². The molecule has 2 heterocycles. The fraction of sp³-hybridized carbons (Fsp3) is 0.348. The van der Waals surface area contributed by atoms with Crippen molar-refractivity contribution >= 4 is 57.2 Å². The van der Waals surface area contributed by atoms with Crippen LogP contribution in [0.25, 0.3) is 0 Å². The van der Waals surface area contributed by atoms with Crippen molar-refractivity contribution in [2.75, 3.05) is 9.80 Å². The molecule has 0 saturated carbocycles. The molecule has 2 nitrogen and oxygen atoms in total. The third kappa shape index (κ3) is 5.70. The van der Waals surface area contributed by atoms with E-state index in [2.05, 4.69) is 65.8 Å². The summed E-state index contributed by atoms with van der Waals surface area (Å²) in [6, 6.07) is 20.3. The zero-order valence-electron chi connectivity index (χ0n) is 38.2. The van der Waals surface area contributed by atoms with Gasteiger partial charge in [-0.05, 0) is 109 Å². The minimum absolute atomic E-state index is 0.0241. The minimum atomic E-state index is -0.794. The van der Waals surface area contributed by atoms with E-state index in [0.29, 0.717) is 44.8 Å². The summed E-state index contributed by atoms with van der Waals surface area (Å²) < 4.78 is 67.7. The molecule has 49 heavy (non-hydrogen) atoms. The van der Waals surface area contributed by atoms with E-state index in [-0.39, 0.29) is 53.1 Å². The Morgan fingerprint density at radius 1 is 0.429 bits per heavy atom. The van der Waals surface area contributed by atoms with Crippen molar-refractivity contribution in [2.24, 2.45) is 0 Å². The van der Waals surface area contributed by atoms with Gasteiger partial charge in [0.15, 0.2) is 0 Å². The van der Waals surface area contributed by atoms with Gasteiger partial charge in [-0.1, -0.05) is 138 Å². The Bertz CT molecular complexity index is 2260. The van der Waals surface area contributed by atoms with Crippen LogP contribution in [0, 0.1) is 0 Å². The lowest BCUT2D eigenvalue weighted by Gasteiger charge is -2.45. The summed E-state index contributed by atoms with van der Waals surface area (Å²) in [7, 11) is 0. The molecule has 0 radical (unpaired) electrons. The largest absolute Gasteiger partial charge is 0.311 e. The van der Waals surface area contributed by atoms with Crippen molar-refractivity contribution in [3.05, 3.63) is 125 Å². The van der Waals surface area contributed by atoms with Gasteiger partial charge in [-0.2, -0.15) is 0 Å². The van der Waals surface area contributed by atoms with Gasteiger partial charge < -0.3 is 9.80 Å². The van der Waals surface area contributed by atoms with Crippen molar-refractivity contribution in [3.63, 3.8) is 0 Å². The highest BCUT2D eigenvalue weighted by Gasteiger charge is 2.44. The monoisotopic (exact) mass is 651 g/mol. The molecule has 0 spiro atoms. The number of fused-ring (bicyclic) bond motifs is 4. The van der Waals surface area contributed by atoms with Crippen LogP contribution in [0.3, 0.4) is 0 Å². The first kappa shape index (κ1) is 25.7. The predicted octanol–water partition coefficient (Wildman–Crippen LogP) is 11.0. The number of rotatable bonds is 2. The summed E-state index contributed by atoms with van der Waals surface area (Å²) in [5.41, 5.74) is 6.84. The molecule has 2 aliphatic heterocycles. The Morgan fingerprint density at radius 3 is 1.10 bits per heavy atom. The standard InChI is InChI=1S/C46H53BN2/c1-43(2,3)30-16-22-34(23-17-30)48-38-26-20-32(45(7,8)9)28-36(38)47-37-29-33(46(10,11)12)21-27-39(37)49(41-15-13-14-40(48)42(41)47)35-24-18-31(19-25-35)44(4,5)6/h13-29H,1-12H3/i13D,20D,21D,26D,27D,28D,29D. The van der Waals surface area contributed by atoms with Gasteiger partial charge in [-0.15, -0.1) is 0 Å². The van der Waals surface area contributed by atoms with E-state index in [1.165, 1.54) is 0 Å². The normalized spacial score (nSPS) is 16.4. The van der Waals surface area contributed by atoms with E-state index in [1.807, 2.05) is 75.6 Å². The van der Waals surface area contributed by atoms with Gasteiger partial charge in [0.1, 0.15) is 0 Å². The first-order chi connectivity index (χ1) is 25.8. The highest BCUT2D eigenvalue weighted by molar-refractivity contribution is 7.00. The van der Waals surface area contributed by atoms with Crippen LogP contribution in [0.5, 0.6) is 0 Å². The molecule has 0 fully saturated rings. The average Bonchev–Trinajstić information content (AvgIpc) is 3.07. The van der Waals surface area contributed by atoms with Crippen LogP contribution in [0.1, 0.15) is 115 Å². The SMILES string of the molecule is [2H]c1cc2c3c(c1)N(c1ccc(C(C)(C)C)cc1)c1c([2H])c([2H])c(C(C)(C)C)c([2H])c1B3c1c([2H])c(C(C)(C)C)c([2H])c([2H])c1N2c1ccc(C(C)(C)C)cc1. The number of anilines is 6. The van der Waals surface area contributed by atoms with Crippen LogP contribution in [0.15, 0.2) is 103 Å². The van der Waals surface area contributed by atoms with Crippen molar-refractivity contribution in [3.8, 4) is 0 Å². The first-order valence-electron chi connectivity index (χ1n) is 21.0. The molecule has 5 aromatic rings. The second-order valence-corrected chi connectivity index (χ2v) is 17.9. The third-order valence-electron chi connectivity index (χ3n) is 9.91. The molecule has 0 aliphatic carbocycles. The molecule has 0 unspecified atom stereocenters. The Morgan fingerprint density at radius 2 is 0.776 bits per heavy atom. The first-order valence-corrected chi connectivity index (χ1v) is 17.5. The lowest BCUT2D eigenvalue weighted by atomic mass is 9.33. The van der Waals surface area contributed by atoms with Gasteiger partial charge in [-0.3, -0.25) is 0 Å². The number of hydrogen-bond donors (Lipinski definition) is 0. The fourth-order valence-corrected chi connectivity index (χ4v) is 6.93. The van der Waals surface area contributed by atoms with E-state index in [4.69, 9.17) is 0 Å². The second kappa shape index (κ2) is 11.1. The summed E-state index contributed by atoms with van der Waals surface area (Å²) in [4.78, 5) is 3.89. The maximum atomic E-state index is 10.1. The van der Waals surface area contributed by atoms with E-state index >= 15 is 0 Å². The van der Waals surface area contributed by atoms with Crippen LogP contribution < -0.4 is 26.2 Å². The number of nitrogens with zero attached hydrogens (tertiary/aromatic N) is 2. The van der Waals surface area contributed by atoms with Crippen LogP contribution >= 0.6 is 0 Å². The molecular weight excluding hydrogens is 591 g/mol. The molecular formula is C46H53BN2. The maximum absolute atomic E-state index is 10.1. The lowest BCUT2D eigenvalue weighted by molar-refractivity contribution is 0.590. The fourth-order valence-electron chi connectivity index (χ4n) is 6.93. The van der Waals surface area contributed by atoms with Gasteiger partial charge >= 0.3 is 0 Å². The van der Waals surface area contributed by atoms with E-state index < -0.39 is 17.5 Å². The summed E-state index contributed by atoms with van der Waals surface area (Å²) in [6.45, 7) is 23.9. The molecule has 2 aliphatic rings. The predicted molar refractivity (Wildman–Crippen MR) is 215 cm³/mol. The van der Waals surface area contributed by atoms with Gasteiger partial charge in [0.25, 0.3) is 6.71 Å². The molecule has 0 saturated heterocycles. The molecule has 0 N–H and O–H groups in total. The molecule has 3 heteroatoms. The second-order valence-electron chi connectivity index (χ2n) is 17.9. The van der Waals surface area contributed by atoms with Gasteiger partial charge in [0.2, 0.25) is 0 Å². The lowest BCUT2D eigenvalue weighted by Crippen LogP contribution is -2.61. The molecule has 250 valence electrons. The molecule has 5 aromatic carbocycles. The van der Waals surface area contributed by atoms with Crippen molar-refractivity contribution in [1.82, 2.24) is 0 Å². The Hall–Kier alpha value is -4.24.